The lowest BCUT2D eigenvalue weighted by Gasteiger charge is -2.29. The number of rotatable bonds is 1. The van der Waals surface area contributed by atoms with Crippen molar-refractivity contribution in [3.8, 4) is 0 Å². The van der Waals surface area contributed by atoms with Gasteiger partial charge in [-0.25, -0.2) is 0 Å². The van der Waals surface area contributed by atoms with Crippen molar-refractivity contribution in [3.05, 3.63) is 35.9 Å². The van der Waals surface area contributed by atoms with Crippen molar-refractivity contribution >= 4 is 5.69 Å². The summed E-state index contributed by atoms with van der Waals surface area (Å²) in [6.45, 7) is 1.93. The van der Waals surface area contributed by atoms with Gasteiger partial charge in [0.05, 0.1) is 17.6 Å². The highest BCUT2D eigenvalue weighted by Gasteiger charge is 2.21. The minimum atomic E-state index is -0.808. The lowest BCUT2D eigenvalue weighted by Crippen LogP contribution is -2.37. The molecule has 1 atom stereocenters. The number of hydrogen-bond acceptors (Lipinski definition) is 4. The molecule has 2 heterocycles. The average Bonchev–Trinajstić information content (AvgIpc) is 2.58. The molecule has 0 saturated carbocycles. The molecular formula is C10H14N4O. The van der Waals surface area contributed by atoms with Gasteiger partial charge in [0.15, 0.2) is 6.23 Å². The van der Waals surface area contributed by atoms with E-state index in [1.165, 1.54) is 0 Å². The maximum Gasteiger partial charge on any atom is 0.171 e. The zero-order chi connectivity index (χ0) is 11.0. The van der Waals surface area contributed by atoms with Crippen LogP contribution in [0.3, 0.4) is 0 Å². The third-order valence-corrected chi connectivity index (χ3v) is 2.29. The quantitative estimate of drug-likeness (QED) is 0.693. The van der Waals surface area contributed by atoms with E-state index in [-0.39, 0.29) is 0 Å². The van der Waals surface area contributed by atoms with Crippen LogP contribution in [0.5, 0.6) is 0 Å². The van der Waals surface area contributed by atoms with Gasteiger partial charge in [0.25, 0.3) is 0 Å². The van der Waals surface area contributed by atoms with Crippen LogP contribution in [0, 0.1) is 0 Å². The van der Waals surface area contributed by atoms with Crippen molar-refractivity contribution in [3.63, 3.8) is 0 Å². The standard InChI is InChI=1S/C10H14N4O/c1-7-3-9(11)10(15)14(5-7)8-4-12-13(2)6-8/h3-6,10,15H,11H2,1-2H3. The highest BCUT2D eigenvalue weighted by atomic mass is 16.3. The summed E-state index contributed by atoms with van der Waals surface area (Å²) in [5, 5.41) is 13.9. The van der Waals surface area contributed by atoms with Gasteiger partial charge >= 0.3 is 0 Å². The molecule has 1 aromatic rings. The second kappa shape index (κ2) is 3.43. The Kier molecular flexibility index (Phi) is 2.24. The number of aryl methyl sites for hydroxylation is 1. The molecular weight excluding hydrogens is 192 g/mol. The Morgan fingerprint density at radius 1 is 1.53 bits per heavy atom. The highest BCUT2D eigenvalue weighted by molar-refractivity contribution is 5.52. The summed E-state index contributed by atoms with van der Waals surface area (Å²) >= 11 is 0. The van der Waals surface area contributed by atoms with Gasteiger partial charge in [-0.1, -0.05) is 0 Å². The van der Waals surface area contributed by atoms with Gasteiger partial charge in [-0.3, -0.25) is 4.68 Å². The van der Waals surface area contributed by atoms with E-state index in [9.17, 15) is 5.11 Å². The van der Waals surface area contributed by atoms with Crippen LogP contribution in [-0.4, -0.2) is 21.1 Å². The Balaban J connectivity index is 2.35. The van der Waals surface area contributed by atoms with Crippen LogP contribution in [0.15, 0.2) is 35.9 Å². The molecule has 0 bridgehead atoms. The van der Waals surface area contributed by atoms with Gasteiger partial charge in [-0.05, 0) is 18.6 Å². The fourth-order valence-corrected chi connectivity index (χ4v) is 1.58. The van der Waals surface area contributed by atoms with Crippen LogP contribution in [0.2, 0.25) is 0 Å². The Bertz CT molecular complexity index is 432. The van der Waals surface area contributed by atoms with E-state index in [0.29, 0.717) is 5.70 Å². The molecule has 0 spiro atoms. The fraction of sp³-hybridized carbons (Fsp3) is 0.300. The van der Waals surface area contributed by atoms with Crippen molar-refractivity contribution in [2.75, 3.05) is 4.90 Å². The lowest BCUT2D eigenvalue weighted by atomic mass is 10.1. The smallest absolute Gasteiger partial charge is 0.171 e. The number of anilines is 1. The summed E-state index contributed by atoms with van der Waals surface area (Å²) in [4.78, 5) is 1.69. The number of hydrogen-bond donors (Lipinski definition) is 2. The van der Waals surface area contributed by atoms with Crippen molar-refractivity contribution in [1.29, 1.82) is 0 Å². The summed E-state index contributed by atoms with van der Waals surface area (Å²) in [5.74, 6) is 0. The Morgan fingerprint density at radius 2 is 2.27 bits per heavy atom. The van der Waals surface area contributed by atoms with Gasteiger partial charge in [0, 0.05) is 19.4 Å². The second-order valence-corrected chi connectivity index (χ2v) is 3.67. The van der Waals surface area contributed by atoms with Gasteiger partial charge in [-0.15, -0.1) is 0 Å². The van der Waals surface area contributed by atoms with Crippen LogP contribution in [0.25, 0.3) is 0 Å². The van der Waals surface area contributed by atoms with Gasteiger partial charge in [0.1, 0.15) is 0 Å². The van der Waals surface area contributed by atoms with Crippen LogP contribution >= 0.6 is 0 Å². The number of aliphatic hydroxyl groups is 1. The highest BCUT2D eigenvalue weighted by Crippen LogP contribution is 2.22. The molecule has 0 fully saturated rings. The molecule has 2 rings (SSSR count). The van der Waals surface area contributed by atoms with E-state index in [1.54, 1.807) is 21.9 Å². The average molecular weight is 206 g/mol. The second-order valence-electron chi connectivity index (χ2n) is 3.67. The van der Waals surface area contributed by atoms with Gasteiger partial charge in [0.2, 0.25) is 0 Å². The normalized spacial score (nSPS) is 21.3. The van der Waals surface area contributed by atoms with Crippen molar-refractivity contribution in [2.45, 2.75) is 13.2 Å². The molecule has 1 aliphatic rings. The summed E-state index contributed by atoms with van der Waals surface area (Å²) in [6.07, 6.45) is 6.31. The third-order valence-electron chi connectivity index (χ3n) is 2.29. The van der Waals surface area contributed by atoms with E-state index >= 15 is 0 Å². The molecule has 0 aliphatic carbocycles. The number of aliphatic hydroxyl groups excluding tert-OH is 1. The minimum absolute atomic E-state index is 0.443. The Morgan fingerprint density at radius 3 is 2.87 bits per heavy atom. The molecule has 0 aromatic carbocycles. The number of allylic oxidation sites excluding steroid dienone is 2. The molecule has 1 aliphatic heterocycles. The van der Waals surface area contributed by atoms with Crippen LogP contribution in [0.1, 0.15) is 6.92 Å². The fourth-order valence-electron chi connectivity index (χ4n) is 1.58. The summed E-state index contributed by atoms with van der Waals surface area (Å²) < 4.78 is 1.68. The minimum Gasteiger partial charge on any atom is -0.398 e. The zero-order valence-electron chi connectivity index (χ0n) is 8.75. The van der Waals surface area contributed by atoms with E-state index < -0.39 is 6.23 Å². The first kappa shape index (κ1) is 9.79. The van der Waals surface area contributed by atoms with Crippen LogP contribution in [-0.2, 0) is 7.05 Å². The summed E-state index contributed by atoms with van der Waals surface area (Å²) in [6, 6.07) is 0. The lowest BCUT2D eigenvalue weighted by molar-refractivity contribution is 0.212. The maximum atomic E-state index is 9.87. The summed E-state index contributed by atoms with van der Waals surface area (Å²) in [5.41, 5.74) is 7.97. The molecule has 1 unspecified atom stereocenters. The Labute approximate surface area is 88.1 Å². The molecule has 0 radical (unpaired) electrons. The monoisotopic (exact) mass is 206 g/mol. The van der Waals surface area contributed by atoms with Crippen LogP contribution < -0.4 is 10.6 Å². The third kappa shape index (κ3) is 1.73. The van der Waals surface area contributed by atoms with Gasteiger partial charge < -0.3 is 15.7 Å². The van der Waals surface area contributed by atoms with E-state index in [2.05, 4.69) is 5.10 Å². The molecule has 0 amide bonds. The molecule has 1 aromatic heterocycles. The predicted octanol–water partition coefficient (Wildman–Crippen LogP) is 0.305. The first-order valence-corrected chi connectivity index (χ1v) is 4.68. The summed E-state index contributed by atoms with van der Waals surface area (Å²) in [7, 11) is 1.83. The van der Waals surface area contributed by atoms with Crippen molar-refractivity contribution in [1.82, 2.24) is 9.78 Å². The molecule has 3 N–H and O–H groups in total. The Hall–Kier alpha value is -1.75. The van der Waals surface area contributed by atoms with E-state index in [1.807, 2.05) is 26.4 Å². The van der Waals surface area contributed by atoms with Crippen LogP contribution in [0.4, 0.5) is 5.69 Å². The molecule has 80 valence electrons. The predicted molar refractivity (Wildman–Crippen MR) is 57.7 cm³/mol. The molecule has 5 heteroatoms. The van der Waals surface area contributed by atoms with Gasteiger partial charge in [-0.2, -0.15) is 5.10 Å². The molecule has 15 heavy (non-hydrogen) atoms. The topological polar surface area (TPSA) is 67.3 Å². The zero-order valence-corrected chi connectivity index (χ0v) is 8.75. The number of nitrogens with two attached hydrogens (primary N) is 1. The van der Waals surface area contributed by atoms with E-state index in [0.717, 1.165) is 11.3 Å². The van der Waals surface area contributed by atoms with Crippen molar-refractivity contribution < 1.29 is 5.11 Å². The molecule has 5 nitrogen and oxygen atoms in total. The first-order chi connectivity index (χ1) is 7.08. The number of aromatic nitrogens is 2. The molecule has 0 saturated heterocycles. The van der Waals surface area contributed by atoms with E-state index in [4.69, 9.17) is 5.73 Å². The number of nitrogens with zero attached hydrogens (tertiary/aromatic N) is 3. The van der Waals surface area contributed by atoms with Crippen molar-refractivity contribution in [2.24, 2.45) is 12.8 Å². The maximum absolute atomic E-state index is 9.87. The SMILES string of the molecule is CC1=CN(c2cnn(C)c2)C(O)C(N)=C1. The first-order valence-electron chi connectivity index (χ1n) is 4.68. The largest absolute Gasteiger partial charge is 0.398 e.